The van der Waals surface area contributed by atoms with Gasteiger partial charge in [-0.3, -0.25) is 0 Å². The van der Waals surface area contributed by atoms with Crippen molar-refractivity contribution in [3.63, 3.8) is 0 Å². The molecule has 0 saturated heterocycles. The van der Waals surface area contributed by atoms with Gasteiger partial charge in [-0.15, -0.1) is 0 Å². The molecule has 0 radical (unpaired) electrons. The maximum Gasteiger partial charge on any atom is 0.266 e. The second-order valence-electron chi connectivity index (χ2n) is 7.15. The highest BCUT2D eigenvalue weighted by atomic mass is 19.3. The van der Waals surface area contributed by atoms with Gasteiger partial charge < -0.3 is 10.1 Å². The third-order valence-electron chi connectivity index (χ3n) is 4.67. The Morgan fingerprint density at radius 1 is 1.27 bits per heavy atom. The predicted octanol–water partition coefficient (Wildman–Crippen LogP) is 5.21. The van der Waals surface area contributed by atoms with Crippen molar-refractivity contribution in [1.82, 2.24) is 9.97 Å². The van der Waals surface area contributed by atoms with E-state index in [4.69, 9.17) is 4.74 Å². The lowest BCUT2D eigenvalue weighted by Gasteiger charge is -2.20. The Morgan fingerprint density at radius 2 is 1.96 bits per heavy atom. The molecule has 1 aliphatic carbocycles. The normalized spacial score (nSPS) is 16.4. The molecule has 0 amide bonds. The Bertz CT molecular complexity index is 794. The van der Waals surface area contributed by atoms with Crippen molar-refractivity contribution >= 4 is 5.82 Å². The van der Waals surface area contributed by atoms with E-state index in [1.165, 1.54) is 12.1 Å². The van der Waals surface area contributed by atoms with Gasteiger partial charge in [-0.1, -0.05) is 25.1 Å². The fourth-order valence-corrected chi connectivity index (χ4v) is 2.63. The van der Waals surface area contributed by atoms with Crippen LogP contribution in [0.25, 0.3) is 0 Å². The minimum Gasteiger partial charge on any atom is -0.488 e. The number of nitrogens with zero attached hydrogens (tertiary/aromatic N) is 2. The number of aromatic nitrogens is 2. The SMILES string of the molecule is Cc1ncc(OCC2(C)CC2)c(N[C@H](C)c2cccc(C(F)F)c2F)n1. The molecular formula is C19H22F3N3O. The number of ether oxygens (including phenoxy) is 1. The highest BCUT2D eigenvalue weighted by Crippen LogP contribution is 2.45. The smallest absolute Gasteiger partial charge is 0.266 e. The lowest BCUT2D eigenvalue weighted by atomic mass is 10.0. The summed E-state index contributed by atoms with van der Waals surface area (Å²) in [4.78, 5) is 8.48. The molecule has 1 saturated carbocycles. The van der Waals surface area contributed by atoms with E-state index in [1.54, 1.807) is 20.0 Å². The van der Waals surface area contributed by atoms with Crippen molar-refractivity contribution in [2.24, 2.45) is 5.41 Å². The summed E-state index contributed by atoms with van der Waals surface area (Å²) in [5.74, 6) is 0.532. The van der Waals surface area contributed by atoms with Crippen LogP contribution in [-0.4, -0.2) is 16.6 Å². The lowest BCUT2D eigenvalue weighted by Crippen LogP contribution is -2.15. The molecule has 4 nitrogen and oxygen atoms in total. The first-order valence-electron chi connectivity index (χ1n) is 8.58. The monoisotopic (exact) mass is 365 g/mol. The quantitative estimate of drug-likeness (QED) is 0.731. The topological polar surface area (TPSA) is 47.0 Å². The van der Waals surface area contributed by atoms with Crippen molar-refractivity contribution in [3.05, 3.63) is 47.2 Å². The Morgan fingerprint density at radius 3 is 2.62 bits per heavy atom. The summed E-state index contributed by atoms with van der Waals surface area (Å²) in [6.45, 7) is 6.12. The lowest BCUT2D eigenvalue weighted by molar-refractivity contribution is 0.146. The van der Waals surface area contributed by atoms with Crippen molar-refractivity contribution in [2.45, 2.75) is 46.1 Å². The number of benzene rings is 1. The Labute approximate surface area is 150 Å². The van der Waals surface area contributed by atoms with Crippen molar-refractivity contribution < 1.29 is 17.9 Å². The Kier molecular flexibility index (Phi) is 5.07. The third-order valence-corrected chi connectivity index (χ3v) is 4.67. The second kappa shape index (κ2) is 7.13. The summed E-state index contributed by atoms with van der Waals surface area (Å²) in [6, 6.07) is 3.44. The second-order valence-corrected chi connectivity index (χ2v) is 7.15. The van der Waals surface area contributed by atoms with E-state index in [0.717, 1.165) is 18.9 Å². The van der Waals surface area contributed by atoms with Crippen LogP contribution in [0, 0.1) is 18.2 Å². The van der Waals surface area contributed by atoms with Crippen molar-refractivity contribution in [3.8, 4) is 5.75 Å². The van der Waals surface area contributed by atoms with E-state index in [-0.39, 0.29) is 11.0 Å². The van der Waals surface area contributed by atoms with E-state index in [2.05, 4.69) is 22.2 Å². The average Bonchev–Trinajstić information content (AvgIpc) is 3.31. The largest absolute Gasteiger partial charge is 0.488 e. The van der Waals surface area contributed by atoms with Gasteiger partial charge in [-0.2, -0.15) is 0 Å². The fraction of sp³-hybridized carbons (Fsp3) is 0.474. The molecule has 140 valence electrons. The minimum atomic E-state index is -2.86. The number of hydrogen-bond acceptors (Lipinski definition) is 4. The molecule has 1 N–H and O–H groups in total. The summed E-state index contributed by atoms with van der Waals surface area (Å²) < 4.78 is 46.1. The molecule has 26 heavy (non-hydrogen) atoms. The van der Waals surface area contributed by atoms with Crippen LogP contribution >= 0.6 is 0 Å². The molecule has 1 aliphatic rings. The van der Waals surface area contributed by atoms with E-state index in [0.29, 0.717) is 24.0 Å². The molecule has 1 heterocycles. The first-order valence-corrected chi connectivity index (χ1v) is 8.58. The minimum absolute atomic E-state index is 0.152. The number of rotatable bonds is 7. The van der Waals surface area contributed by atoms with Crippen LogP contribution in [0.15, 0.2) is 24.4 Å². The van der Waals surface area contributed by atoms with Gasteiger partial charge in [-0.25, -0.2) is 23.1 Å². The van der Waals surface area contributed by atoms with Crippen LogP contribution in [0.4, 0.5) is 19.0 Å². The van der Waals surface area contributed by atoms with Crippen LogP contribution in [-0.2, 0) is 0 Å². The summed E-state index contributed by atoms with van der Waals surface area (Å²) in [5.41, 5.74) is -0.266. The number of hydrogen-bond donors (Lipinski definition) is 1. The Hall–Kier alpha value is -2.31. The van der Waals surface area contributed by atoms with E-state index < -0.39 is 23.8 Å². The molecular weight excluding hydrogens is 343 g/mol. The first kappa shape index (κ1) is 18.5. The van der Waals surface area contributed by atoms with Crippen LogP contribution in [0.1, 0.15) is 56.1 Å². The van der Waals surface area contributed by atoms with E-state index in [9.17, 15) is 13.2 Å². The first-order chi connectivity index (χ1) is 12.3. The van der Waals surface area contributed by atoms with Gasteiger partial charge in [0.25, 0.3) is 6.43 Å². The third kappa shape index (κ3) is 4.08. The molecule has 0 bridgehead atoms. The van der Waals surface area contributed by atoms with Crippen LogP contribution in [0.3, 0.4) is 0 Å². The summed E-state index contributed by atoms with van der Waals surface area (Å²) in [6.07, 6.45) is 0.950. The molecule has 1 atom stereocenters. The highest BCUT2D eigenvalue weighted by Gasteiger charge is 2.38. The number of nitrogens with one attached hydrogen (secondary N) is 1. The molecule has 0 aliphatic heterocycles. The number of anilines is 1. The molecule has 1 aromatic carbocycles. The molecule has 0 spiro atoms. The fourth-order valence-electron chi connectivity index (χ4n) is 2.63. The van der Waals surface area contributed by atoms with Crippen LogP contribution in [0.2, 0.25) is 0 Å². The molecule has 7 heteroatoms. The maximum atomic E-state index is 14.4. The molecule has 3 rings (SSSR count). The maximum absolute atomic E-state index is 14.4. The average molecular weight is 365 g/mol. The molecule has 2 aromatic rings. The number of aryl methyl sites for hydroxylation is 1. The zero-order valence-corrected chi connectivity index (χ0v) is 15.0. The van der Waals surface area contributed by atoms with Gasteiger partial charge in [0.05, 0.1) is 24.4 Å². The number of alkyl halides is 2. The van der Waals surface area contributed by atoms with E-state index in [1.807, 2.05) is 0 Å². The van der Waals surface area contributed by atoms with Gasteiger partial charge in [0.15, 0.2) is 11.6 Å². The van der Waals surface area contributed by atoms with Gasteiger partial charge in [0.2, 0.25) is 0 Å². The van der Waals surface area contributed by atoms with Crippen molar-refractivity contribution in [1.29, 1.82) is 0 Å². The standard InChI is InChI=1S/C19H22F3N3O/c1-11(13-5-4-6-14(16(13)20)17(21)22)24-18-15(9-23-12(2)25-18)26-10-19(3)7-8-19/h4-6,9,11,17H,7-8,10H2,1-3H3,(H,23,24,25)/t11-/m1/s1. The Balaban J connectivity index is 1.81. The van der Waals surface area contributed by atoms with Gasteiger partial charge >= 0.3 is 0 Å². The zero-order valence-electron chi connectivity index (χ0n) is 15.0. The zero-order chi connectivity index (χ0) is 18.9. The molecule has 0 unspecified atom stereocenters. The molecule has 1 fully saturated rings. The molecule has 1 aromatic heterocycles. The summed E-state index contributed by atoms with van der Waals surface area (Å²) >= 11 is 0. The summed E-state index contributed by atoms with van der Waals surface area (Å²) in [7, 11) is 0. The van der Waals surface area contributed by atoms with Crippen molar-refractivity contribution in [2.75, 3.05) is 11.9 Å². The van der Waals surface area contributed by atoms with Gasteiger partial charge in [0, 0.05) is 11.0 Å². The number of halogens is 3. The van der Waals surface area contributed by atoms with Gasteiger partial charge in [0.1, 0.15) is 11.6 Å². The van der Waals surface area contributed by atoms with E-state index >= 15 is 0 Å². The van der Waals surface area contributed by atoms with Gasteiger partial charge in [-0.05, 0) is 26.7 Å². The van der Waals surface area contributed by atoms with Crippen LogP contribution < -0.4 is 10.1 Å². The highest BCUT2D eigenvalue weighted by molar-refractivity contribution is 5.50. The summed E-state index contributed by atoms with van der Waals surface area (Å²) in [5, 5.41) is 3.07. The van der Waals surface area contributed by atoms with Crippen LogP contribution in [0.5, 0.6) is 5.75 Å². The predicted molar refractivity (Wildman–Crippen MR) is 93.0 cm³/mol.